The van der Waals surface area contributed by atoms with Crippen molar-refractivity contribution in [3.05, 3.63) is 87.8 Å². The first-order valence-electron chi connectivity index (χ1n) is 21.6. The Morgan fingerprint density at radius 2 is 1.67 bits per heavy atom. The summed E-state index contributed by atoms with van der Waals surface area (Å²) < 4.78 is 12.8. The van der Waals surface area contributed by atoms with Gasteiger partial charge in [0.1, 0.15) is 31.3 Å². The zero-order chi connectivity index (χ0) is 40.5. The number of nitrogens with zero attached hydrogens (tertiary/aromatic N) is 3. The molecular weight excluding hydrogens is 734 g/mol. The van der Waals surface area contributed by atoms with Gasteiger partial charge >= 0.3 is 5.97 Å². The number of fused-ring (bicyclic) bond motifs is 3. The number of carboxylic acids is 1. The highest BCUT2D eigenvalue weighted by Gasteiger charge is 2.51. The van der Waals surface area contributed by atoms with Crippen LogP contribution in [-0.4, -0.2) is 65.6 Å². The molecule has 2 aromatic carbocycles. The van der Waals surface area contributed by atoms with Crippen molar-refractivity contribution in [1.29, 1.82) is 5.26 Å². The normalized spacial score (nSPS) is 19.5. The molecule has 0 radical (unpaired) electrons. The van der Waals surface area contributed by atoms with Gasteiger partial charge in [-0.3, -0.25) is 9.59 Å². The summed E-state index contributed by atoms with van der Waals surface area (Å²) in [6.07, 6.45) is 26.1. The number of unbranched alkanes of at least 4 members (excludes halogenated alkanes) is 13. The van der Waals surface area contributed by atoms with Crippen LogP contribution in [-0.2, 0) is 24.5 Å². The summed E-state index contributed by atoms with van der Waals surface area (Å²) >= 11 is 7.07. The van der Waals surface area contributed by atoms with E-state index in [1.54, 1.807) is 0 Å². The van der Waals surface area contributed by atoms with Crippen molar-refractivity contribution in [2.75, 3.05) is 32.8 Å². The van der Waals surface area contributed by atoms with Gasteiger partial charge < -0.3 is 19.5 Å². The molecule has 57 heavy (non-hydrogen) atoms. The number of rotatable bonds is 25. The summed E-state index contributed by atoms with van der Waals surface area (Å²) in [6.45, 7) is 7.34. The minimum atomic E-state index is -0.870. The molecule has 9 heteroatoms. The van der Waals surface area contributed by atoms with Gasteiger partial charge in [0.25, 0.3) is 6.47 Å². The molecule has 0 aromatic heterocycles. The van der Waals surface area contributed by atoms with Crippen LogP contribution in [0.15, 0.2) is 82.3 Å². The van der Waals surface area contributed by atoms with Crippen molar-refractivity contribution in [2.45, 2.75) is 135 Å². The van der Waals surface area contributed by atoms with Crippen molar-refractivity contribution >= 4 is 46.2 Å². The molecule has 0 saturated carbocycles. The van der Waals surface area contributed by atoms with E-state index < -0.39 is 11.4 Å². The molecular formula is C48H63ClN3O5+. The van der Waals surface area contributed by atoms with Gasteiger partial charge in [0, 0.05) is 10.6 Å². The molecule has 0 amide bonds. The van der Waals surface area contributed by atoms with Gasteiger partial charge in [-0.1, -0.05) is 145 Å². The monoisotopic (exact) mass is 796 g/mol. The number of carboxylic acid groups (broad SMARTS) is 1. The van der Waals surface area contributed by atoms with Crippen molar-refractivity contribution < 1.29 is 28.7 Å². The second kappa shape index (κ2) is 22.6. The van der Waals surface area contributed by atoms with Gasteiger partial charge in [-0.15, -0.1) is 0 Å². The Bertz CT molecular complexity index is 1900. The number of aliphatic carboxylic acids is 1. The van der Waals surface area contributed by atoms with Crippen molar-refractivity contribution in [2.24, 2.45) is 0 Å². The predicted molar refractivity (Wildman–Crippen MR) is 230 cm³/mol. The Kier molecular flexibility index (Phi) is 17.3. The highest BCUT2D eigenvalue weighted by atomic mass is 35.5. The minimum absolute atomic E-state index is 0.0504. The second-order valence-corrected chi connectivity index (χ2v) is 16.4. The predicted octanol–water partition coefficient (Wildman–Crippen LogP) is 11.6. The average molecular weight is 798 g/mol. The average Bonchev–Trinajstić information content (AvgIpc) is 3.88. The largest absolute Gasteiger partial charge is 0.481 e. The molecule has 0 bridgehead atoms. The maximum atomic E-state index is 12.1. The van der Waals surface area contributed by atoms with Crippen LogP contribution in [0.3, 0.4) is 0 Å². The van der Waals surface area contributed by atoms with Crippen LogP contribution in [0.1, 0.15) is 135 Å². The molecule has 0 spiro atoms. The fraction of sp³-hybridized carbons (Fsp3) is 0.542. The standard InChI is InChI=1S/C48H62ClN3O5/c1-3-4-5-6-7-8-9-10-11-12-13-14-15-18-28-48(2)42-25-23-37-19-16-17-20-41(37)46(42)52(29-27-44(54)55)47(48)40(35-50)34-39-22-21-38(45(39)49)24-26-43-51(31-33-57-43)30-32-56-36-53/h16-17,19-20,23-26,34,36H,3-15,18,21-22,27-33H2,1-2H3/p+1. The van der Waals surface area contributed by atoms with Crippen LogP contribution in [0, 0.1) is 11.3 Å². The number of allylic oxidation sites excluding steroid dienone is 7. The Hall–Kier alpha value is -4.35. The lowest BCUT2D eigenvalue weighted by Gasteiger charge is -2.24. The fourth-order valence-corrected chi connectivity index (χ4v) is 9.17. The quantitative estimate of drug-likeness (QED) is 0.0462. The zero-order valence-corrected chi connectivity index (χ0v) is 35.1. The van der Waals surface area contributed by atoms with E-state index in [1.165, 1.54) is 77.0 Å². The third-order valence-corrected chi connectivity index (χ3v) is 12.4. The van der Waals surface area contributed by atoms with Crippen molar-refractivity contribution in [3.8, 4) is 6.07 Å². The molecule has 2 heterocycles. The SMILES string of the molecule is CCCCCCCCCCCCCCCCC1(C)C(/C(C#N)=C/C2=C(Cl)C(=C/C=C3/OCCN3CCOC=O)/CC2)=[N+](CCC(=O)O)c2c1ccc1ccccc21. The molecule has 1 aliphatic carbocycles. The van der Waals surface area contributed by atoms with Gasteiger partial charge in [-0.2, -0.15) is 9.84 Å². The number of ether oxygens (including phenoxy) is 2. The molecule has 2 aliphatic heterocycles. The minimum Gasteiger partial charge on any atom is -0.481 e. The Morgan fingerprint density at radius 3 is 2.33 bits per heavy atom. The van der Waals surface area contributed by atoms with Crippen LogP contribution >= 0.6 is 11.6 Å². The Balaban J connectivity index is 1.37. The van der Waals surface area contributed by atoms with Crippen LogP contribution < -0.4 is 0 Å². The van der Waals surface area contributed by atoms with Crippen LogP contribution in [0.5, 0.6) is 0 Å². The molecule has 306 valence electrons. The van der Waals surface area contributed by atoms with E-state index in [9.17, 15) is 20.0 Å². The number of hydrogen-bond acceptors (Lipinski definition) is 6. The Morgan fingerprint density at radius 1 is 0.982 bits per heavy atom. The lowest BCUT2D eigenvalue weighted by atomic mass is 9.72. The molecule has 2 aromatic rings. The van der Waals surface area contributed by atoms with E-state index in [-0.39, 0.29) is 19.6 Å². The molecule has 1 fully saturated rings. The molecule has 1 saturated heterocycles. The highest BCUT2D eigenvalue weighted by Crippen LogP contribution is 2.49. The summed E-state index contributed by atoms with van der Waals surface area (Å²) in [7, 11) is 0. The highest BCUT2D eigenvalue weighted by molar-refractivity contribution is 6.33. The fourth-order valence-electron chi connectivity index (χ4n) is 8.86. The second-order valence-electron chi connectivity index (χ2n) is 16.0. The zero-order valence-electron chi connectivity index (χ0n) is 34.3. The van der Waals surface area contributed by atoms with Crippen molar-refractivity contribution in [3.63, 3.8) is 0 Å². The first-order valence-corrected chi connectivity index (χ1v) is 21.9. The number of nitriles is 1. The molecule has 1 atom stereocenters. The van der Waals surface area contributed by atoms with Gasteiger partial charge in [-0.05, 0) is 60.9 Å². The smallest absolute Gasteiger partial charge is 0.309 e. The van der Waals surface area contributed by atoms with E-state index in [0.717, 1.165) is 64.6 Å². The lowest BCUT2D eigenvalue weighted by molar-refractivity contribution is -0.435. The maximum Gasteiger partial charge on any atom is 0.309 e. The summed E-state index contributed by atoms with van der Waals surface area (Å²) in [5.41, 5.74) is 4.92. The van der Waals surface area contributed by atoms with Crippen LogP contribution in [0.4, 0.5) is 5.69 Å². The third kappa shape index (κ3) is 11.6. The maximum absolute atomic E-state index is 12.1. The topological polar surface area (TPSA) is 103 Å². The number of carbonyl (C=O) groups is 2. The van der Waals surface area contributed by atoms with Gasteiger partial charge in [0.05, 0.1) is 23.9 Å². The summed E-state index contributed by atoms with van der Waals surface area (Å²) in [5.74, 6) is -0.159. The summed E-state index contributed by atoms with van der Waals surface area (Å²) in [4.78, 5) is 24.7. The molecule has 8 nitrogen and oxygen atoms in total. The molecule has 5 rings (SSSR count). The van der Waals surface area contributed by atoms with Crippen LogP contribution in [0.2, 0.25) is 0 Å². The number of halogens is 1. The van der Waals surface area contributed by atoms with E-state index in [1.807, 2.05) is 35.3 Å². The van der Waals surface area contributed by atoms with Gasteiger partial charge in [0.15, 0.2) is 12.4 Å². The van der Waals surface area contributed by atoms with Gasteiger partial charge in [-0.25, -0.2) is 0 Å². The number of benzene rings is 2. The van der Waals surface area contributed by atoms with E-state index >= 15 is 0 Å². The van der Waals surface area contributed by atoms with Gasteiger partial charge in [0.2, 0.25) is 11.4 Å². The van der Waals surface area contributed by atoms with E-state index in [0.29, 0.717) is 49.1 Å². The summed E-state index contributed by atoms with van der Waals surface area (Å²) in [6, 6.07) is 15.2. The number of hydrogen-bond donors (Lipinski definition) is 1. The first kappa shape index (κ1) is 43.8. The molecule has 3 aliphatic rings. The molecule has 1 N–H and O–H groups in total. The van der Waals surface area contributed by atoms with E-state index in [2.05, 4.69) is 48.8 Å². The first-order chi connectivity index (χ1) is 27.8. The molecule has 1 unspecified atom stereocenters. The van der Waals surface area contributed by atoms with Crippen molar-refractivity contribution in [1.82, 2.24) is 4.90 Å². The third-order valence-electron chi connectivity index (χ3n) is 12.0. The lowest BCUT2D eigenvalue weighted by Crippen LogP contribution is -2.34. The number of carbonyl (C=O) groups excluding carboxylic acids is 1. The van der Waals surface area contributed by atoms with Crippen LogP contribution in [0.25, 0.3) is 10.8 Å². The Labute approximate surface area is 345 Å². The summed E-state index contributed by atoms with van der Waals surface area (Å²) in [5, 5.41) is 23.6. The van der Waals surface area contributed by atoms with E-state index in [4.69, 9.17) is 21.1 Å².